The van der Waals surface area contributed by atoms with E-state index in [-0.39, 0.29) is 5.92 Å². The van der Waals surface area contributed by atoms with Gasteiger partial charge in [-0.2, -0.15) is 0 Å². The molecule has 70 valence electrons. The predicted molar refractivity (Wildman–Crippen MR) is 42.0 cm³/mol. The summed E-state index contributed by atoms with van der Waals surface area (Å²) in [4.78, 5) is 10.7. The van der Waals surface area contributed by atoms with Crippen LogP contribution in [-0.2, 0) is 14.3 Å². The Hall–Kier alpha value is -0.610. The fraction of sp³-hybridized carbons (Fsp3) is 0.875. The lowest BCUT2D eigenvalue weighted by Gasteiger charge is -2.26. The van der Waals surface area contributed by atoms with Gasteiger partial charge in [-0.05, 0) is 12.8 Å². The van der Waals surface area contributed by atoms with Crippen molar-refractivity contribution in [2.75, 3.05) is 20.3 Å². The lowest BCUT2D eigenvalue weighted by atomic mass is 9.94. The van der Waals surface area contributed by atoms with Crippen molar-refractivity contribution in [1.29, 1.82) is 0 Å². The van der Waals surface area contributed by atoms with Gasteiger partial charge in [0.15, 0.2) is 6.10 Å². The molecule has 4 heteroatoms. The van der Waals surface area contributed by atoms with Gasteiger partial charge in [0.05, 0.1) is 0 Å². The van der Waals surface area contributed by atoms with Crippen LogP contribution in [0.25, 0.3) is 0 Å². The van der Waals surface area contributed by atoms with Gasteiger partial charge in [-0.25, -0.2) is 4.79 Å². The first-order valence-electron chi connectivity index (χ1n) is 4.09. The summed E-state index contributed by atoms with van der Waals surface area (Å²) in [5.41, 5.74) is 0. The highest BCUT2D eigenvalue weighted by Crippen LogP contribution is 2.20. The summed E-state index contributed by atoms with van der Waals surface area (Å²) in [5, 5.41) is 8.76. The summed E-state index contributed by atoms with van der Waals surface area (Å²) >= 11 is 0. The molecule has 1 rings (SSSR count). The van der Waals surface area contributed by atoms with Crippen LogP contribution < -0.4 is 0 Å². The maximum atomic E-state index is 10.7. The summed E-state index contributed by atoms with van der Waals surface area (Å²) in [6.07, 6.45) is 0.907. The third kappa shape index (κ3) is 2.19. The number of rotatable bonds is 3. The molecule has 0 spiro atoms. The van der Waals surface area contributed by atoms with Gasteiger partial charge in [-0.15, -0.1) is 0 Å². The van der Waals surface area contributed by atoms with Gasteiger partial charge in [0.25, 0.3) is 0 Å². The number of carboxylic acid groups (broad SMARTS) is 1. The number of carbonyl (C=O) groups is 1. The lowest BCUT2D eigenvalue weighted by Crippen LogP contribution is -2.35. The number of aliphatic carboxylic acids is 1. The Bertz CT molecular complexity index is 151. The minimum absolute atomic E-state index is 0.112. The second kappa shape index (κ2) is 4.42. The number of carboxylic acids is 1. The van der Waals surface area contributed by atoms with Gasteiger partial charge in [0, 0.05) is 26.2 Å². The molecular weight excluding hydrogens is 160 g/mol. The van der Waals surface area contributed by atoms with Crippen molar-refractivity contribution in [3.8, 4) is 0 Å². The average molecular weight is 174 g/mol. The van der Waals surface area contributed by atoms with E-state index in [2.05, 4.69) is 0 Å². The Labute approximate surface area is 71.5 Å². The van der Waals surface area contributed by atoms with Gasteiger partial charge in [0.2, 0.25) is 0 Å². The molecule has 1 N–H and O–H groups in total. The molecule has 1 aliphatic heterocycles. The minimum atomic E-state index is -0.871. The van der Waals surface area contributed by atoms with Gasteiger partial charge < -0.3 is 14.6 Å². The number of ether oxygens (including phenoxy) is 2. The van der Waals surface area contributed by atoms with E-state index < -0.39 is 12.1 Å². The van der Waals surface area contributed by atoms with Crippen LogP contribution in [0.1, 0.15) is 12.8 Å². The van der Waals surface area contributed by atoms with E-state index in [4.69, 9.17) is 14.6 Å². The molecule has 4 nitrogen and oxygen atoms in total. The molecule has 12 heavy (non-hydrogen) atoms. The maximum Gasteiger partial charge on any atom is 0.333 e. The molecular formula is C8H14O4. The molecule has 0 aromatic heterocycles. The van der Waals surface area contributed by atoms with Crippen molar-refractivity contribution in [1.82, 2.24) is 0 Å². The second-order valence-electron chi connectivity index (χ2n) is 2.94. The molecule has 0 saturated carbocycles. The highest BCUT2D eigenvalue weighted by molar-refractivity contribution is 5.72. The SMILES string of the molecule is CO[C@H](C(=O)O)C1CCOCC1. The fourth-order valence-electron chi connectivity index (χ4n) is 1.51. The first-order chi connectivity index (χ1) is 5.75. The normalized spacial score (nSPS) is 22.1. The van der Waals surface area contributed by atoms with Crippen LogP contribution in [0.5, 0.6) is 0 Å². The van der Waals surface area contributed by atoms with Crippen LogP contribution in [0.3, 0.4) is 0 Å². The molecule has 1 saturated heterocycles. The summed E-state index contributed by atoms with van der Waals surface area (Å²) in [5.74, 6) is -0.759. The molecule has 1 atom stereocenters. The molecule has 0 radical (unpaired) electrons. The Morgan fingerprint density at radius 1 is 1.58 bits per heavy atom. The molecule has 0 aromatic rings. The van der Waals surface area contributed by atoms with E-state index in [0.29, 0.717) is 13.2 Å². The van der Waals surface area contributed by atoms with E-state index in [1.165, 1.54) is 7.11 Å². The van der Waals surface area contributed by atoms with Crippen molar-refractivity contribution >= 4 is 5.97 Å². The fourth-order valence-corrected chi connectivity index (χ4v) is 1.51. The monoisotopic (exact) mass is 174 g/mol. The molecule has 0 aliphatic carbocycles. The standard InChI is InChI=1S/C8H14O4/c1-11-7(8(9)10)6-2-4-12-5-3-6/h6-7H,2-5H2,1H3,(H,9,10)/t7-/m0/s1. The van der Waals surface area contributed by atoms with Crippen LogP contribution >= 0.6 is 0 Å². The molecule has 1 aliphatic rings. The van der Waals surface area contributed by atoms with Gasteiger partial charge in [-0.1, -0.05) is 0 Å². The Morgan fingerprint density at radius 2 is 2.17 bits per heavy atom. The molecule has 0 amide bonds. The molecule has 0 aromatic carbocycles. The van der Waals surface area contributed by atoms with Crippen LogP contribution in [0.2, 0.25) is 0 Å². The van der Waals surface area contributed by atoms with Gasteiger partial charge in [0.1, 0.15) is 0 Å². The number of hydrogen-bond acceptors (Lipinski definition) is 3. The highest BCUT2D eigenvalue weighted by Gasteiger charge is 2.29. The first-order valence-corrected chi connectivity index (χ1v) is 4.09. The van der Waals surface area contributed by atoms with Crippen molar-refractivity contribution in [2.45, 2.75) is 18.9 Å². The van der Waals surface area contributed by atoms with Crippen molar-refractivity contribution in [2.24, 2.45) is 5.92 Å². The molecule has 0 bridgehead atoms. The lowest BCUT2D eigenvalue weighted by molar-refractivity contribution is -0.154. The number of hydrogen-bond donors (Lipinski definition) is 1. The highest BCUT2D eigenvalue weighted by atomic mass is 16.5. The maximum absolute atomic E-state index is 10.7. The Balaban J connectivity index is 2.46. The predicted octanol–water partition coefficient (Wildman–Crippen LogP) is 0.513. The topological polar surface area (TPSA) is 55.8 Å². The van der Waals surface area contributed by atoms with E-state index in [9.17, 15) is 4.79 Å². The van der Waals surface area contributed by atoms with E-state index in [1.54, 1.807) is 0 Å². The third-order valence-corrected chi connectivity index (χ3v) is 2.19. The Morgan fingerprint density at radius 3 is 2.58 bits per heavy atom. The zero-order valence-electron chi connectivity index (χ0n) is 7.16. The zero-order chi connectivity index (χ0) is 8.97. The average Bonchev–Trinajstić information content (AvgIpc) is 2.07. The van der Waals surface area contributed by atoms with Crippen molar-refractivity contribution < 1.29 is 19.4 Å². The zero-order valence-corrected chi connectivity index (χ0v) is 7.16. The van der Waals surface area contributed by atoms with E-state index >= 15 is 0 Å². The van der Waals surface area contributed by atoms with Crippen LogP contribution in [-0.4, -0.2) is 37.5 Å². The summed E-state index contributed by atoms with van der Waals surface area (Å²) in [6, 6.07) is 0. The summed E-state index contributed by atoms with van der Waals surface area (Å²) in [7, 11) is 1.44. The Kier molecular flexibility index (Phi) is 3.49. The largest absolute Gasteiger partial charge is 0.479 e. The molecule has 0 unspecified atom stereocenters. The van der Waals surface area contributed by atoms with Gasteiger partial charge >= 0.3 is 5.97 Å². The smallest absolute Gasteiger partial charge is 0.333 e. The van der Waals surface area contributed by atoms with Crippen LogP contribution in [0.4, 0.5) is 0 Å². The van der Waals surface area contributed by atoms with Crippen molar-refractivity contribution in [3.63, 3.8) is 0 Å². The van der Waals surface area contributed by atoms with Crippen molar-refractivity contribution in [3.05, 3.63) is 0 Å². The second-order valence-corrected chi connectivity index (χ2v) is 2.94. The minimum Gasteiger partial charge on any atom is -0.479 e. The van der Waals surface area contributed by atoms with Crippen LogP contribution in [0.15, 0.2) is 0 Å². The quantitative estimate of drug-likeness (QED) is 0.677. The van der Waals surface area contributed by atoms with E-state index in [1.807, 2.05) is 0 Å². The molecule has 1 heterocycles. The van der Waals surface area contributed by atoms with Gasteiger partial charge in [-0.3, -0.25) is 0 Å². The van der Waals surface area contributed by atoms with Crippen LogP contribution in [0, 0.1) is 5.92 Å². The third-order valence-electron chi connectivity index (χ3n) is 2.19. The molecule has 1 fully saturated rings. The summed E-state index contributed by atoms with van der Waals surface area (Å²) < 4.78 is 10.0. The number of methoxy groups -OCH3 is 1. The van der Waals surface area contributed by atoms with E-state index in [0.717, 1.165) is 12.8 Å². The first kappa shape index (κ1) is 9.48. The summed E-state index contributed by atoms with van der Waals surface area (Å²) in [6.45, 7) is 1.30.